The molecule has 1 amide bonds. The second-order valence-electron chi connectivity index (χ2n) is 5.31. The number of hydrogen-bond donors (Lipinski definition) is 2. The summed E-state index contributed by atoms with van der Waals surface area (Å²) in [7, 11) is -3.49. The predicted octanol–water partition coefficient (Wildman–Crippen LogP) is 1.43. The first kappa shape index (κ1) is 18.9. The Morgan fingerprint density at radius 3 is 2.55 bits per heavy atom. The zero-order valence-electron chi connectivity index (χ0n) is 12.5. The van der Waals surface area contributed by atoms with Gasteiger partial charge in [0.25, 0.3) is 0 Å². The van der Waals surface area contributed by atoms with Gasteiger partial charge in [-0.25, -0.2) is 8.42 Å². The van der Waals surface area contributed by atoms with Crippen LogP contribution in [0.5, 0.6) is 0 Å². The third-order valence-electron chi connectivity index (χ3n) is 3.63. The minimum absolute atomic E-state index is 0. The number of sulfonamides is 1. The number of nitrogens with two attached hydrogens (primary N) is 1. The van der Waals surface area contributed by atoms with Crippen molar-refractivity contribution >= 4 is 34.0 Å². The highest BCUT2D eigenvalue weighted by Crippen LogP contribution is 2.24. The molecule has 1 aliphatic rings. The molecule has 1 fully saturated rings. The molecule has 8 heteroatoms. The van der Waals surface area contributed by atoms with Crippen molar-refractivity contribution in [2.45, 2.75) is 24.7 Å². The molecule has 1 atom stereocenters. The van der Waals surface area contributed by atoms with Crippen LogP contribution < -0.4 is 11.1 Å². The quantitative estimate of drug-likeness (QED) is 0.861. The number of amides is 1. The summed E-state index contributed by atoms with van der Waals surface area (Å²) >= 11 is 0. The molecule has 124 valence electrons. The minimum atomic E-state index is -3.49. The van der Waals surface area contributed by atoms with E-state index in [1.165, 1.54) is 23.4 Å². The molecule has 1 aromatic carbocycles. The summed E-state index contributed by atoms with van der Waals surface area (Å²) in [5.74, 6) is 0.0413. The lowest BCUT2D eigenvalue weighted by atomic mass is 10.0. The lowest BCUT2D eigenvalue weighted by Crippen LogP contribution is -2.41. The number of halogens is 1. The van der Waals surface area contributed by atoms with Gasteiger partial charge in [0, 0.05) is 25.7 Å². The van der Waals surface area contributed by atoms with Crippen LogP contribution in [0.15, 0.2) is 29.2 Å². The van der Waals surface area contributed by atoms with Crippen LogP contribution in [0, 0.1) is 5.92 Å². The smallest absolute Gasteiger partial charge is 0.243 e. The van der Waals surface area contributed by atoms with Gasteiger partial charge in [0.05, 0.1) is 4.90 Å². The molecule has 2 rings (SSSR count). The van der Waals surface area contributed by atoms with Crippen LogP contribution in [-0.4, -0.2) is 38.3 Å². The number of benzene rings is 1. The summed E-state index contributed by atoms with van der Waals surface area (Å²) in [6.07, 6.45) is 1.81. The number of anilines is 1. The summed E-state index contributed by atoms with van der Waals surface area (Å²) in [4.78, 5) is 11.2. The molecule has 1 aromatic rings. The molecule has 22 heavy (non-hydrogen) atoms. The Labute approximate surface area is 137 Å². The highest BCUT2D eigenvalue weighted by molar-refractivity contribution is 7.89. The molecule has 1 unspecified atom stereocenters. The fourth-order valence-corrected chi connectivity index (χ4v) is 4.05. The fraction of sp³-hybridized carbons (Fsp3) is 0.500. The van der Waals surface area contributed by atoms with Gasteiger partial charge in [0.15, 0.2) is 0 Å². The SMILES string of the molecule is CC(=O)Nc1ccc(S(=O)(=O)N2CCCC(CN)C2)cc1.Cl. The molecule has 0 radical (unpaired) electrons. The Balaban J connectivity index is 0.00000242. The molecular weight excluding hydrogens is 326 g/mol. The molecule has 1 aliphatic heterocycles. The lowest BCUT2D eigenvalue weighted by Gasteiger charge is -2.31. The molecular formula is C14H22ClN3O3S. The van der Waals surface area contributed by atoms with Crippen molar-refractivity contribution in [2.75, 3.05) is 25.0 Å². The molecule has 3 N–H and O–H groups in total. The summed E-state index contributed by atoms with van der Waals surface area (Å²) in [6.45, 7) is 2.93. The van der Waals surface area contributed by atoms with Gasteiger partial charge in [-0.1, -0.05) is 0 Å². The van der Waals surface area contributed by atoms with E-state index in [-0.39, 0.29) is 29.1 Å². The van der Waals surface area contributed by atoms with E-state index in [0.29, 0.717) is 25.3 Å². The van der Waals surface area contributed by atoms with Gasteiger partial charge in [0.2, 0.25) is 15.9 Å². The van der Waals surface area contributed by atoms with E-state index in [9.17, 15) is 13.2 Å². The summed E-state index contributed by atoms with van der Waals surface area (Å²) in [6, 6.07) is 6.23. The topological polar surface area (TPSA) is 92.5 Å². The standard InChI is InChI=1S/C14H21N3O3S.ClH/c1-11(18)16-13-4-6-14(7-5-13)21(19,20)17-8-2-3-12(9-15)10-17;/h4-7,12H,2-3,8-10,15H2,1H3,(H,16,18);1H. The van der Waals surface area contributed by atoms with Crippen LogP contribution in [-0.2, 0) is 14.8 Å². The third-order valence-corrected chi connectivity index (χ3v) is 5.51. The second kappa shape index (κ2) is 7.92. The normalized spacial score (nSPS) is 19.3. The van der Waals surface area contributed by atoms with E-state index in [4.69, 9.17) is 5.73 Å². The van der Waals surface area contributed by atoms with Gasteiger partial charge in [-0.3, -0.25) is 4.79 Å². The molecule has 1 heterocycles. The number of hydrogen-bond acceptors (Lipinski definition) is 4. The maximum atomic E-state index is 12.6. The maximum absolute atomic E-state index is 12.6. The van der Waals surface area contributed by atoms with Crippen LogP contribution in [0.2, 0.25) is 0 Å². The number of nitrogens with zero attached hydrogens (tertiary/aromatic N) is 1. The average Bonchev–Trinajstić information content (AvgIpc) is 2.47. The van der Waals surface area contributed by atoms with Crippen LogP contribution in [0.4, 0.5) is 5.69 Å². The Morgan fingerprint density at radius 2 is 2.00 bits per heavy atom. The Hall–Kier alpha value is -1.15. The van der Waals surface area contributed by atoms with Crippen LogP contribution in [0.25, 0.3) is 0 Å². The van der Waals surface area contributed by atoms with Gasteiger partial charge in [-0.2, -0.15) is 4.31 Å². The van der Waals surface area contributed by atoms with Gasteiger partial charge >= 0.3 is 0 Å². The number of carbonyl (C=O) groups excluding carboxylic acids is 1. The van der Waals surface area contributed by atoms with Crippen molar-refractivity contribution in [3.63, 3.8) is 0 Å². The Kier molecular flexibility index (Phi) is 6.80. The van der Waals surface area contributed by atoms with E-state index >= 15 is 0 Å². The van der Waals surface area contributed by atoms with Crippen LogP contribution in [0.3, 0.4) is 0 Å². The summed E-state index contributed by atoms with van der Waals surface area (Å²) < 4.78 is 26.7. The number of rotatable bonds is 4. The Morgan fingerprint density at radius 1 is 1.36 bits per heavy atom. The fourth-order valence-electron chi connectivity index (χ4n) is 2.50. The average molecular weight is 348 g/mol. The zero-order valence-corrected chi connectivity index (χ0v) is 14.1. The van der Waals surface area contributed by atoms with Gasteiger partial charge in [0.1, 0.15) is 0 Å². The highest BCUT2D eigenvalue weighted by Gasteiger charge is 2.29. The van der Waals surface area contributed by atoms with Crippen molar-refractivity contribution in [3.8, 4) is 0 Å². The van der Waals surface area contributed by atoms with E-state index < -0.39 is 10.0 Å². The molecule has 0 saturated carbocycles. The Bertz CT molecular complexity index is 604. The number of nitrogens with one attached hydrogen (secondary N) is 1. The number of carbonyl (C=O) groups is 1. The molecule has 1 saturated heterocycles. The van der Waals surface area contributed by atoms with Gasteiger partial charge in [-0.15, -0.1) is 12.4 Å². The summed E-state index contributed by atoms with van der Waals surface area (Å²) in [5, 5.41) is 2.62. The zero-order chi connectivity index (χ0) is 15.5. The van der Waals surface area contributed by atoms with Gasteiger partial charge < -0.3 is 11.1 Å². The predicted molar refractivity (Wildman–Crippen MR) is 88.5 cm³/mol. The minimum Gasteiger partial charge on any atom is -0.330 e. The molecule has 0 spiro atoms. The van der Waals surface area contributed by atoms with Crippen LogP contribution >= 0.6 is 12.4 Å². The first-order valence-electron chi connectivity index (χ1n) is 7.01. The monoisotopic (exact) mass is 347 g/mol. The molecule has 6 nitrogen and oxygen atoms in total. The first-order valence-corrected chi connectivity index (χ1v) is 8.45. The maximum Gasteiger partial charge on any atom is 0.243 e. The van der Waals surface area contributed by atoms with E-state index in [1.807, 2.05) is 0 Å². The van der Waals surface area contributed by atoms with Crippen molar-refractivity contribution in [1.29, 1.82) is 0 Å². The van der Waals surface area contributed by atoms with Gasteiger partial charge in [-0.05, 0) is 49.6 Å². The van der Waals surface area contributed by atoms with E-state index in [1.54, 1.807) is 12.1 Å². The number of piperidine rings is 1. The van der Waals surface area contributed by atoms with Crippen molar-refractivity contribution in [2.24, 2.45) is 11.7 Å². The van der Waals surface area contributed by atoms with Crippen molar-refractivity contribution in [1.82, 2.24) is 4.31 Å². The first-order chi connectivity index (χ1) is 9.93. The van der Waals surface area contributed by atoms with E-state index in [0.717, 1.165) is 12.8 Å². The molecule has 0 aromatic heterocycles. The molecule has 0 bridgehead atoms. The second-order valence-corrected chi connectivity index (χ2v) is 7.25. The lowest BCUT2D eigenvalue weighted by molar-refractivity contribution is -0.114. The van der Waals surface area contributed by atoms with E-state index in [2.05, 4.69) is 5.32 Å². The van der Waals surface area contributed by atoms with Crippen molar-refractivity contribution < 1.29 is 13.2 Å². The van der Waals surface area contributed by atoms with Crippen LogP contribution in [0.1, 0.15) is 19.8 Å². The van der Waals surface area contributed by atoms with Crippen molar-refractivity contribution in [3.05, 3.63) is 24.3 Å². The third kappa shape index (κ3) is 4.42. The largest absolute Gasteiger partial charge is 0.330 e. The highest BCUT2D eigenvalue weighted by atomic mass is 35.5. The summed E-state index contributed by atoms with van der Waals surface area (Å²) in [5.41, 5.74) is 6.24. The molecule has 0 aliphatic carbocycles.